The molecule has 0 atom stereocenters. The van der Waals surface area contributed by atoms with Gasteiger partial charge in [-0.3, -0.25) is 14.2 Å². The first-order chi connectivity index (χ1) is 16.8. The largest absolute Gasteiger partial charge is 0.347 e. The number of para-hydroxylation sites is 1. The minimum atomic E-state index is -0.318. The van der Waals surface area contributed by atoms with Crippen LogP contribution in [0.4, 0.5) is 5.69 Å². The molecule has 4 aromatic rings. The molecule has 0 fully saturated rings. The molecule has 178 valence electrons. The van der Waals surface area contributed by atoms with Crippen LogP contribution in [0.2, 0.25) is 0 Å². The van der Waals surface area contributed by atoms with Gasteiger partial charge in [-0.15, -0.1) is 10.2 Å². The molecule has 7 nitrogen and oxygen atoms in total. The number of thioether (sulfide) groups is 1. The molecule has 0 saturated heterocycles. The Morgan fingerprint density at radius 2 is 1.49 bits per heavy atom. The number of aromatic nitrogens is 3. The Hall–Kier alpha value is -3.91. The lowest BCUT2D eigenvalue weighted by atomic mass is 10.1. The van der Waals surface area contributed by atoms with E-state index >= 15 is 0 Å². The second kappa shape index (κ2) is 10.6. The van der Waals surface area contributed by atoms with Gasteiger partial charge in [-0.2, -0.15) is 0 Å². The molecular formula is C27H27N5O2S. The third kappa shape index (κ3) is 6.36. The summed E-state index contributed by atoms with van der Waals surface area (Å²) in [5.41, 5.74) is 2.70. The Kier molecular flexibility index (Phi) is 7.31. The quantitative estimate of drug-likeness (QED) is 0.352. The van der Waals surface area contributed by atoms with Crippen molar-refractivity contribution in [3.63, 3.8) is 0 Å². The molecule has 0 spiro atoms. The predicted octanol–water partition coefficient (Wildman–Crippen LogP) is 5.19. The Balaban J connectivity index is 1.45. The van der Waals surface area contributed by atoms with E-state index in [1.54, 1.807) is 24.3 Å². The van der Waals surface area contributed by atoms with Gasteiger partial charge in [-0.25, -0.2) is 0 Å². The maximum Gasteiger partial charge on any atom is 0.251 e. The summed E-state index contributed by atoms with van der Waals surface area (Å²) < 4.78 is 1.95. The van der Waals surface area contributed by atoms with E-state index in [9.17, 15) is 9.59 Å². The highest BCUT2D eigenvalue weighted by Gasteiger charge is 2.18. The third-order valence-electron chi connectivity index (χ3n) is 4.93. The van der Waals surface area contributed by atoms with Crippen molar-refractivity contribution in [2.45, 2.75) is 31.5 Å². The minimum Gasteiger partial charge on any atom is -0.347 e. The van der Waals surface area contributed by atoms with Gasteiger partial charge in [0.15, 0.2) is 11.0 Å². The van der Waals surface area contributed by atoms with Gasteiger partial charge in [0.2, 0.25) is 5.91 Å². The fourth-order valence-electron chi connectivity index (χ4n) is 3.39. The van der Waals surface area contributed by atoms with Gasteiger partial charge < -0.3 is 10.6 Å². The Bertz CT molecular complexity index is 1300. The number of carbonyl (C=O) groups excluding carboxylic acids is 2. The van der Waals surface area contributed by atoms with Crippen LogP contribution in [0.15, 0.2) is 90.1 Å². The first-order valence-corrected chi connectivity index (χ1v) is 12.2. The van der Waals surface area contributed by atoms with Crippen LogP contribution in [0.5, 0.6) is 0 Å². The molecule has 0 saturated carbocycles. The van der Waals surface area contributed by atoms with Crippen molar-refractivity contribution in [1.29, 1.82) is 0 Å². The number of hydrogen-bond acceptors (Lipinski definition) is 5. The number of carbonyl (C=O) groups is 2. The summed E-state index contributed by atoms with van der Waals surface area (Å²) >= 11 is 1.31. The summed E-state index contributed by atoms with van der Waals surface area (Å²) in [4.78, 5) is 24.9. The molecule has 2 amide bonds. The van der Waals surface area contributed by atoms with Gasteiger partial charge in [0.25, 0.3) is 5.91 Å². The maximum atomic E-state index is 12.6. The van der Waals surface area contributed by atoms with Gasteiger partial charge in [-0.1, -0.05) is 60.3 Å². The van der Waals surface area contributed by atoms with Crippen LogP contribution >= 0.6 is 11.8 Å². The number of nitrogens with one attached hydrogen (secondary N) is 2. The maximum absolute atomic E-state index is 12.6. The van der Waals surface area contributed by atoms with Crippen LogP contribution in [-0.4, -0.2) is 37.9 Å². The van der Waals surface area contributed by atoms with Gasteiger partial charge in [0, 0.05) is 28.0 Å². The molecule has 0 aliphatic heterocycles. The van der Waals surface area contributed by atoms with E-state index in [1.165, 1.54) is 11.8 Å². The first kappa shape index (κ1) is 24.2. The second-order valence-corrected chi connectivity index (χ2v) is 9.90. The zero-order valence-electron chi connectivity index (χ0n) is 19.9. The molecule has 0 aliphatic rings. The summed E-state index contributed by atoms with van der Waals surface area (Å²) in [7, 11) is 0. The summed E-state index contributed by atoms with van der Waals surface area (Å²) in [6.07, 6.45) is 0. The summed E-state index contributed by atoms with van der Waals surface area (Å²) in [5, 5.41) is 15.2. The molecule has 1 heterocycles. The Morgan fingerprint density at radius 3 is 2.11 bits per heavy atom. The van der Waals surface area contributed by atoms with Gasteiger partial charge >= 0.3 is 0 Å². The van der Waals surface area contributed by atoms with Crippen molar-refractivity contribution in [3.8, 4) is 17.1 Å². The Labute approximate surface area is 209 Å². The summed E-state index contributed by atoms with van der Waals surface area (Å²) in [6, 6.07) is 26.5. The van der Waals surface area contributed by atoms with Crippen molar-refractivity contribution in [2.75, 3.05) is 11.1 Å². The van der Waals surface area contributed by atoms with Crippen molar-refractivity contribution in [2.24, 2.45) is 0 Å². The molecule has 8 heteroatoms. The monoisotopic (exact) mass is 485 g/mol. The highest BCUT2D eigenvalue weighted by atomic mass is 32.2. The highest BCUT2D eigenvalue weighted by molar-refractivity contribution is 7.99. The van der Waals surface area contributed by atoms with Crippen LogP contribution < -0.4 is 10.6 Å². The van der Waals surface area contributed by atoms with Crippen LogP contribution in [0.25, 0.3) is 17.1 Å². The first-order valence-electron chi connectivity index (χ1n) is 11.2. The van der Waals surface area contributed by atoms with Crippen LogP contribution in [0.3, 0.4) is 0 Å². The number of anilines is 1. The molecule has 35 heavy (non-hydrogen) atoms. The topological polar surface area (TPSA) is 88.9 Å². The molecule has 0 radical (unpaired) electrons. The molecule has 0 aliphatic carbocycles. The van der Waals surface area contributed by atoms with Crippen molar-refractivity contribution < 1.29 is 9.59 Å². The van der Waals surface area contributed by atoms with E-state index < -0.39 is 0 Å². The normalized spacial score (nSPS) is 11.2. The minimum absolute atomic E-state index is 0.152. The lowest BCUT2D eigenvalue weighted by molar-refractivity contribution is -0.113. The van der Waals surface area contributed by atoms with E-state index in [2.05, 4.69) is 20.8 Å². The molecule has 0 unspecified atom stereocenters. The molecule has 2 N–H and O–H groups in total. The number of nitrogens with zero attached hydrogens (tertiary/aromatic N) is 3. The van der Waals surface area contributed by atoms with Gasteiger partial charge in [0.05, 0.1) is 5.75 Å². The fourth-order valence-corrected chi connectivity index (χ4v) is 4.14. The number of rotatable bonds is 7. The van der Waals surface area contributed by atoms with E-state index in [0.29, 0.717) is 22.2 Å². The third-order valence-corrected chi connectivity index (χ3v) is 5.86. The lowest BCUT2D eigenvalue weighted by Crippen LogP contribution is -2.40. The van der Waals surface area contributed by atoms with Crippen molar-refractivity contribution >= 4 is 29.3 Å². The highest BCUT2D eigenvalue weighted by Crippen LogP contribution is 2.28. The molecule has 1 aromatic heterocycles. The average Bonchev–Trinajstić information content (AvgIpc) is 3.27. The molecule has 3 aromatic carbocycles. The fraction of sp³-hybridized carbons (Fsp3) is 0.185. The van der Waals surface area contributed by atoms with E-state index in [-0.39, 0.29) is 23.1 Å². The van der Waals surface area contributed by atoms with Crippen molar-refractivity contribution in [1.82, 2.24) is 20.1 Å². The van der Waals surface area contributed by atoms with Crippen LogP contribution in [0.1, 0.15) is 31.1 Å². The number of benzene rings is 3. The smallest absolute Gasteiger partial charge is 0.251 e. The van der Waals surface area contributed by atoms with Crippen LogP contribution in [0, 0.1) is 0 Å². The van der Waals surface area contributed by atoms with E-state index in [1.807, 2.05) is 86.0 Å². The zero-order chi connectivity index (χ0) is 24.8. The molecule has 4 rings (SSSR count). The Morgan fingerprint density at radius 1 is 0.857 bits per heavy atom. The van der Waals surface area contributed by atoms with Gasteiger partial charge in [0.1, 0.15) is 0 Å². The van der Waals surface area contributed by atoms with Gasteiger partial charge in [-0.05, 0) is 57.2 Å². The standard InChI is InChI=1S/C27H27N5O2S/c1-27(2,3)29-25(34)20-14-16-21(17-15-20)28-23(33)18-35-26-31-30-24(19-10-6-4-7-11-19)32(26)22-12-8-5-9-13-22/h4-17H,18H2,1-3H3,(H,28,33)(H,29,34). The summed E-state index contributed by atoms with van der Waals surface area (Å²) in [5.74, 6) is 0.543. The van der Waals surface area contributed by atoms with Crippen molar-refractivity contribution in [3.05, 3.63) is 90.5 Å². The molecule has 0 bridgehead atoms. The predicted molar refractivity (Wildman–Crippen MR) is 140 cm³/mol. The lowest BCUT2D eigenvalue weighted by Gasteiger charge is -2.20. The second-order valence-electron chi connectivity index (χ2n) is 8.96. The number of amides is 2. The van der Waals surface area contributed by atoms with E-state index in [4.69, 9.17) is 0 Å². The van der Waals surface area contributed by atoms with Crippen LogP contribution in [-0.2, 0) is 4.79 Å². The summed E-state index contributed by atoms with van der Waals surface area (Å²) in [6.45, 7) is 5.79. The van der Waals surface area contributed by atoms with E-state index in [0.717, 1.165) is 11.3 Å². The zero-order valence-corrected chi connectivity index (χ0v) is 20.7. The number of hydrogen-bond donors (Lipinski definition) is 2. The SMILES string of the molecule is CC(C)(C)NC(=O)c1ccc(NC(=O)CSc2nnc(-c3ccccc3)n2-c2ccccc2)cc1. The molecular weight excluding hydrogens is 458 g/mol. The average molecular weight is 486 g/mol.